The number of allylic oxidation sites excluding steroid dienone is 1. The monoisotopic (exact) mass is 435 g/mol. The molecule has 0 saturated heterocycles. The molecule has 2 heterocycles. The van der Waals surface area contributed by atoms with Crippen LogP contribution in [0.1, 0.15) is 23.0 Å². The standard InChI is InChI=1S/C16H12Cl2NO3S2.ClH/c1-2-22-13(20)7-10-8-23-16-19(10)15(21)12(24-16)6-9-4-3-5-11(17)14(9)18;/h3-6,8H,2,7H2,1H3;1H/q+1;/p-1/b12-6+;. The van der Waals surface area contributed by atoms with Gasteiger partial charge in [0.2, 0.25) is 5.69 Å². The van der Waals surface area contributed by atoms with Gasteiger partial charge >= 0.3 is 16.2 Å². The number of halogens is 3. The van der Waals surface area contributed by atoms with Crippen LogP contribution in [0.5, 0.6) is 0 Å². The van der Waals surface area contributed by atoms with Crippen molar-refractivity contribution in [2.45, 2.75) is 17.7 Å². The first-order valence-corrected chi connectivity index (χ1v) is 9.52. The molecule has 0 bridgehead atoms. The minimum absolute atomic E-state index is 0. The topological polar surface area (TPSA) is 47.2 Å². The Hall–Kier alpha value is -1.05. The van der Waals surface area contributed by atoms with Crippen molar-refractivity contribution < 1.29 is 31.3 Å². The van der Waals surface area contributed by atoms with Gasteiger partial charge in [-0.2, -0.15) is 0 Å². The fourth-order valence-electron chi connectivity index (χ4n) is 2.22. The number of benzene rings is 1. The molecular formula is C16H12Cl3NO3S2. The summed E-state index contributed by atoms with van der Waals surface area (Å²) in [7, 11) is 0. The molecule has 3 rings (SSSR count). The van der Waals surface area contributed by atoms with E-state index in [-0.39, 0.29) is 30.7 Å². The summed E-state index contributed by atoms with van der Waals surface area (Å²) in [5.74, 6) is -0.523. The van der Waals surface area contributed by atoms with Gasteiger partial charge in [0.25, 0.3) is 0 Å². The Bertz CT molecular complexity index is 864. The van der Waals surface area contributed by atoms with Crippen LogP contribution >= 0.6 is 46.3 Å². The van der Waals surface area contributed by atoms with Crippen molar-refractivity contribution >= 4 is 64.3 Å². The summed E-state index contributed by atoms with van der Waals surface area (Å²) in [4.78, 5) is 24.9. The van der Waals surface area contributed by atoms with E-state index in [1.807, 2.05) is 0 Å². The van der Waals surface area contributed by atoms with E-state index in [1.165, 1.54) is 23.1 Å². The predicted octanol–water partition coefficient (Wildman–Crippen LogP) is 1.24. The van der Waals surface area contributed by atoms with Crippen molar-refractivity contribution in [1.82, 2.24) is 0 Å². The highest BCUT2D eigenvalue weighted by atomic mass is 35.5. The molecule has 1 aliphatic rings. The van der Waals surface area contributed by atoms with Gasteiger partial charge in [-0.3, -0.25) is 4.79 Å². The Balaban J connectivity index is 0.00000225. The number of hydrogen-bond acceptors (Lipinski definition) is 5. The summed E-state index contributed by atoms with van der Waals surface area (Å²) in [6, 6.07) is 5.27. The van der Waals surface area contributed by atoms with Crippen LogP contribution in [0.2, 0.25) is 10.0 Å². The third-order valence-corrected chi connectivity index (χ3v) is 6.29. The third-order valence-electron chi connectivity index (χ3n) is 3.28. The first-order valence-electron chi connectivity index (χ1n) is 7.07. The molecule has 0 spiro atoms. The predicted molar refractivity (Wildman–Crippen MR) is 95.8 cm³/mol. The molecule has 0 atom stereocenters. The van der Waals surface area contributed by atoms with E-state index >= 15 is 0 Å². The van der Waals surface area contributed by atoms with E-state index in [1.54, 1.807) is 41.1 Å². The largest absolute Gasteiger partial charge is 1.00 e. The normalized spacial score (nSPS) is 14.4. The lowest BCUT2D eigenvalue weighted by Crippen LogP contribution is -3.00. The molecule has 132 valence electrons. The molecule has 2 aromatic rings. The summed E-state index contributed by atoms with van der Waals surface area (Å²) in [5.41, 5.74) is 1.31. The lowest BCUT2D eigenvalue weighted by Gasteiger charge is -2.00. The highest BCUT2D eigenvalue weighted by Gasteiger charge is 2.41. The number of ether oxygens (including phenoxy) is 1. The van der Waals surface area contributed by atoms with Crippen LogP contribution in [-0.2, 0) is 16.0 Å². The summed E-state index contributed by atoms with van der Waals surface area (Å²) >= 11 is 15.0. The zero-order chi connectivity index (χ0) is 17.3. The average Bonchev–Trinajstić information content (AvgIpc) is 3.06. The summed E-state index contributed by atoms with van der Waals surface area (Å²) in [6.45, 7) is 2.07. The van der Waals surface area contributed by atoms with Crippen LogP contribution in [0, 0.1) is 0 Å². The van der Waals surface area contributed by atoms with E-state index in [0.29, 0.717) is 32.8 Å². The second-order valence-corrected chi connectivity index (χ2v) is 7.80. The molecule has 0 unspecified atom stereocenters. The number of thioether (sulfide) groups is 1. The Kier molecular flexibility index (Phi) is 6.93. The zero-order valence-electron chi connectivity index (χ0n) is 12.9. The Morgan fingerprint density at radius 3 is 2.84 bits per heavy atom. The second kappa shape index (κ2) is 8.56. The van der Waals surface area contributed by atoms with Crippen molar-refractivity contribution in [1.29, 1.82) is 0 Å². The first-order chi connectivity index (χ1) is 11.5. The molecule has 0 radical (unpaired) electrons. The highest BCUT2D eigenvalue weighted by Crippen LogP contribution is 2.37. The number of hydrogen-bond donors (Lipinski definition) is 0. The van der Waals surface area contributed by atoms with E-state index < -0.39 is 0 Å². The molecule has 25 heavy (non-hydrogen) atoms. The quantitative estimate of drug-likeness (QED) is 0.411. The lowest BCUT2D eigenvalue weighted by molar-refractivity contribution is -0.607. The first kappa shape index (κ1) is 20.3. The van der Waals surface area contributed by atoms with Gasteiger partial charge < -0.3 is 17.1 Å². The Morgan fingerprint density at radius 1 is 1.36 bits per heavy atom. The summed E-state index contributed by atoms with van der Waals surface area (Å²) in [5, 5.41) is 2.65. The minimum Gasteiger partial charge on any atom is -1.00 e. The number of carbonyl (C=O) groups excluding carboxylic acids is 2. The van der Waals surface area contributed by atoms with E-state index in [2.05, 4.69) is 0 Å². The third kappa shape index (κ3) is 4.20. The van der Waals surface area contributed by atoms with Crippen molar-refractivity contribution in [3.05, 3.63) is 49.8 Å². The molecule has 1 aromatic heterocycles. The fraction of sp³-hybridized carbons (Fsp3) is 0.188. The number of esters is 1. The van der Waals surface area contributed by atoms with Crippen LogP contribution < -0.4 is 17.0 Å². The number of carbonyl (C=O) groups is 2. The van der Waals surface area contributed by atoms with Gasteiger partial charge in [-0.25, -0.2) is 4.79 Å². The smallest absolute Gasteiger partial charge is 0.433 e. The maximum Gasteiger partial charge on any atom is 0.433 e. The van der Waals surface area contributed by atoms with Crippen molar-refractivity contribution in [2.24, 2.45) is 0 Å². The zero-order valence-corrected chi connectivity index (χ0v) is 16.8. The van der Waals surface area contributed by atoms with Gasteiger partial charge in [0.05, 0.1) is 22.0 Å². The molecule has 1 aromatic carbocycles. The van der Waals surface area contributed by atoms with Crippen LogP contribution in [-0.4, -0.2) is 18.5 Å². The van der Waals surface area contributed by atoms with E-state index in [0.717, 1.165) is 4.34 Å². The Labute approximate surface area is 169 Å². The van der Waals surface area contributed by atoms with Crippen LogP contribution in [0.3, 0.4) is 0 Å². The van der Waals surface area contributed by atoms with Crippen LogP contribution in [0.4, 0.5) is 0 Å². The van der Waals surface area contributed by atoms with Crippen molar-refractivity contribution in [2.75, 3.05) is 6.61 Å². The summed E-state index contributed by atoms with van der Waals surface area (Å²) < 4.78 is 7.31. The molecule has 0 amide bonds. The van der Waals surface area contributed by atoms with Gasteiger partial charge in [0.1, 0.15) is 11.3 Å². The molecule has 0 aliphatic carbocycles. The average molecular weight is 437 g/mol. The van der Waals surface area contributed by atoms with E-state index in [4.69, 9.17) is 27.9 Å². The van der Waals surface area contributed by atoms with Crippen molar-refractivity contribution in [3.63, 3.8) is 0 Å². The maximum absolute atomic E-state index is 12.7. The van der Waals surface area contributed by atoms with Gasteiger partial charge in [0, 0.05) is 11.8 Å². The second-order valence-electron chi connectivity index (χ2n) is 4.87. The number of fused-ring (bicyclic) bond motifs is 1. The molecule has 1 aliphatic heterocycles. The van der Waals surface area contributed by atoms with Gasteiger partial charge in [-0.05, 0) is 24.6 Å². The summed E-state index contributed by atoms with van der Waals surface area (Å²) in [6.07, 6.45) is 1.79. The molecule has 4 nitrogen and oxygen atoms in total. The molecular weight excluding hydrogens is 425 g/mol. The molecule has 0 N–H and O–H groups in total. The highest BCUT2D eigenvalue weighted by molar-refractivity contribution is 8.05. The molecule has 9 heteroatoms. The number of thiazole rings is 1. The minimum atomic E-state index is -0.348. The van der Waals surface area contributed by atoms with Crippen molar-refractivity contribution in [3.8, 4) is 0 Å². The maximum atomic E-state index is 12.7. The molecule has 0 saturated carbocycles. The SMILES string of the molecule is CCOC(=O)Cc1csc2[n+]1C(=O)/C(=C\c1cccc(Cl)c1Cl)S2.[Cl-]. The van der Waals surface area contributed by atoms with Gasteiger partial charge in [-0.1, -0.05) is 46.7 Å². The van der Waals surface area contributed by atoms with E-state index in [9.17, 15) is 9.59 Å². The van der Waals surface area contributed by atoms with Crippen LogP contribution in [0.15, 0.2) is 32.8 Å². The lowest BCUT2D eigenvalue weighted by atomic mass is 10.2. The van der Waals surface area contributed by atoms with Gasteiger partial charge in [-0.15, -0.1) is 4.57 Å². The Morgan fingerprint density at radius 2 is 2.12 bits per heavy atom. The fourth-order valence-corrected chi connectivity index (χ4v) is 4.76. The number of rotatable bonds is 4. The van der Waals surface area contributed by atoms with Crippen LogP contribution in [0.25, 0.3) is 6.08 Å². The molecule has 0 fully saturated rings. The number of aromatic nitrogens is 1. The van der Waals surface area contributed by atoms with Gasteiger partial charge in [0.15, 0.2) is 0 Å². The number of nitrogens with zero attached hydrogens (tertiary/aromatic N) is 1.